The Morgan fingerprint density at radius 3 is 2.70 bits per heavy atom. The molecule has 2 aliphatic rings. The monoisotopic (exact) mass is 407 g/mol. The highest BCUT2D eigenvalue weighted by Gasteiger charge is 2.43. The van der Waals surface area contributed by atoms with E-state index in [1.165, 1.54) is 22.5 Å². The molecule has 5 rings (SSSR count). The van der Waals surface area contributed by atoms with Crippen LogP contribution in [0.25, 0.3) is 5.69 Å². The van der Waals surface area contributed by atoms with E-state index in [9.17, 15) is 14.7 Å². The summed E-state index contributed by atoms with van der Waals surface area (Å²) < 4.78 is 15.4. The lowest BCUT2D eigenvalue weighted by atomic mass is 9.83. The van der Waals surface area contributed by atoms with Crippen molar-refractivity contribution in [2.75, 3.05) is 7.11 Å². The van der Waals surface area contributed by atoms with E-state index in [0.717, 1.165) is 15.7 Å². The average Bonchev–Trinajstić information content (AvgIpc) is 2.97. The molecule has 0 bridgehead atoms. The Morgan fingerprint density at radius 2 is 1.93 bits per heavy atom. The zero-order valence-electron chi connectivity index (χ0n) is 16.8. The average molecular weight is 407 g/mol. The molecule has 0 radical (unpaired) electrons. The number of phenols is 1. The minimum absolute atomic E-state index is 0.0754. The maximum atomic E-state index is 13.5. The van der Waals surface area contributed by atoms with Crippen molar-refractivity contribution < 1.29 is 14.6 Å². The van der Waals surface area contributed by atoms with Crippen molar-refractivity contribution in [1.29, 1.82) is 0 Å². The highest BCUT2D eigenvalue weighted by Crippen LogP contribution is 2.46. The van der Waals surface area contributed by atoms with Crippen LogP contribution >= 0.6 is 0 Å². The molecule has 0 fully saturated rings. The van der Waals surface area contributed by atoms with Gasteiger partial charge >= 0.3 is 11.4 Å². The van der Waals surface area contributed by atoms with Crippen LogP contribution in [0.3, 0.4) is 0 Å². The first-order valence-electron chi connectivity index (χ1n) is 9.63. The zero-order valence-corrected chi connectivity index (χ0v) is 16.8. The molecular weight excluding hydrogens is 386 g/mol. The fourth-order valence-electron chi connectivity index (χ4n) is 4.36. The summed E-state index contributed by atoms with van der Waals surface area (Å²) >= 11 is 0. The molecule has 3 aromatic rings. The Kier molecular flexibility index (Phi) is 3.77. The number of aromatic nitrogens is 3. The van der Waals surface area contributed by atoms with Crippen LogP contribution in [0.4, 0.5) is 0 Å². The lowest BCUT2D eigenvalue weighted by molar-refractivity contribution is 0.113. The number of phenolic OH excluding ortho intramolecular Hbond substituents is 1. The molecule has 8 heteroatoms. The Balaban J connectivity index is 1.78. The van der Waals surface area contributed by atoms with Gasteiger partial charge in [0, 0.05) is 17.7 Å². The molecule has 2 aromatic carbocycles. The molecule has 1 N–H and O–H groups in total. The fourth-order valence-corrected chi connectivity index (χ4v) is 4.36. The maximum absolute atomic E-state index is 13.5. The van der Waals surface area contributed by atoms with Gasteiger partial charge < -0.3 is 14.6 Å². The van der Waals surface area contributed by atoms with Gasteiger partial charge in [0.15, 0.2) is 0 Å². The fraction of sp³-hybridized carbons (Fsp3) is 0.273. The molecule has 1 aromatic heterocycles. The summed E-state index contributed by atoms with van der Waals surface area (Å²) in [6.07, 6.45) is 1.94. The highest BCUT2D eigenvalue weighted by molar-refractivity contribution is 5.51. The van der Waals surface area contributed by atoms with Crippen molar-refractivity contribution in [3.63, 3.8) is 0 Å². The van der Waals surface area contributed by atoms with Crippen LogP contribution in [-0.2, 0) is 6.54 Å². The van der Waals surface area contributed by atoms with Crippen LogP contribution in [0.1, 0.15) is 25.5 Å². The van der Waals surface area contributed by atoms with Gasteiger partial charge in [-0.15, -0.1) is 0 Å². The molecule has 0 saturated carbocycles. The molecule has 1 unspecified atom stereocenters. The number of ether oxygens (including phenoxy) is 2. The summed E-state index contributed by atoms with van der Waals surface area (Å²) in [5.41, 5.74) is 0.484. The van der Waals surface area contributed by atoms with Gasteiger partial charge in [-0.05, 0) is 43.7 Å². The third-order valence-corrected chi connectivity index (χ3v) is 5.75. The maximum Gasteiger partial charge on any atom is 0.352 e. The second kappa shape index (κ2) is 6.16. The van der Waals surface area contributed by atoms with Crippen molar-refractivity contribution in [2.24, 2.45) is 0 Å². The summed E-state index contributed by atoms with van der Waals surface area (Å²) in [5.74, 6) is 1.12. The van der Waals surface area contributed by atoms with E-state index in [-0.39, 0.29) is 12.3 Å². The largest absolute Gasteiger partial charge is 0.508 e. The van der Waals surface area contributed by atoms with Gasteiger partial charge in [-0.2, -0.15) is 0 Å². The number of allylic oxidation sites excluding steroid dienone is 1. The highest BCUT2D eigenvalue weighted by atomic mass is 16.5. The van der Waals surface area contributed by atoms with Gasteiger partial charge in [0.05, 0.1) is 19.3 Å². The normalized spacial score (nSPS) is 18.5. The first kappa shape index (κ1) is 18.4. The molecule has 0 aliphatic carbocycles. The number of fused-ring (bicyclic) bond motifs is 5. The van der Waals surface area contributed by atoms with Crippen LogP contribution in [0, 0.1) is 0 Å². The second-order valence-electron chi connectivity index (χ2n) is 7.93. The minimum Gasteiger partial charge on any atom is -0.508 e. The molecule has 3 heterocycles. The van der Waals surface area contributed by atoms with Crippen LogP contribution in [-0.4, -0.2) is 31.7 Å². The number of aromatic hydroxyl groups is 1. The second-order valence-corrected chi connectivity index (χ2v) is 7.93. The number of hydrogen-bond donors (Lipinski definition) is 1. The first-order valence-corrected chi connectivity index (χ1v) is 9.63. The number of benzene rings is 2. The van der Waals surface area contributed by atoms with Gasteiger partial charge in [-0.1, -0.05) is 12.1 Å². The Morgan fingerprint density at radius 1 is 1.13 bits per heavy atom. The third-order valence-electron chi connectivity index (χ3n) is 5.75. The quantitative estimate of drug-likeness (QED) is 0.658. The van der Waals surface area contributed by atoms with Crippen molar-refractivity contribution in [2.45, 2.75) is 32.0 Å². The number of rotatable bonds is 2. The van der Waals surface area contributed by atoms with E-state index in [1.54, 1.807) is 36.4 Å². The third kappa shape index (κ3) is 2.46. The number of hydrogen-bond acceptors (Lipinski definition) is 5. The van der Waals surface area contributed by atoms with Gasteiger partial charge in [0.1, 0.15) is 28.9 Å². The summed E-state index contributed by atoms with van der Waals surface area (Å²) in [6.45, 7) is 4.09. The Bertz CT molecular complexity index is 1330. The Hall–Kier alpha value is -3.68. The van der Waals surface area contributed by atoms with Crippen molar-refractivity contribution in [3.8, 4) is 22.9 Å². The zero-order chi connectivity index (χ0) is 21.2. The van der Waals surface area contributed by atoms with Crippen LogP contribution in [0.15, 0.2) is 63.7 Å². The van der Waals surface area contributed by atoms with E-state index < -0.39 is 23.0 Å². The van der Waals surface area contributed by atoms with E-state index >= 15 is 0 Å². The summed E-state index contributed by atoms with van der Waals surface area (Å²) in [7, 11) is 1.53. The molecule has 0 spiro atoms. The first-order chi connectivity index (χ1) is 14.3. The molecule has 8 nitrogen and oxygen atoms in total. The van der Waals surface area contributed by atoms with Gasteiger partial charge in [0.2, 0.25) is 0 Å². The molecule has 0 amide bonds. The van der Waals surface area contributed by atoms with Gasteiger partial charge in [-0.3, -0.25) is 0 Å². The summed E-state index contributed by atoms with van der Waals surface area (Å²) in [5, 5.41) is 9.92. The SMILES string of the molecule is COc1cccc(-n2c(=O)n3n(c2=O)C2C(=CC3)C(C)(C)Oc3cc(O)ccc32)c1. The summed E-state index contributed by atoms with van der Waals surface area (Å²) in [6, 6.07) is 11.2. The van der Waals surface area contributed by atoms with Crippen molar-refractivity contribution >= 4 is 0 Å². The van der Waals surface area contributed by atoms with Crippen LogP contribution < -0.4 is 20.9 Å². The molecular formula is C22H21N3O5. The van der Waals surface area contributed by atoms with E-state index in [1.807, 2.05) is 19.9 Å². The molecule has 0 saturated heterocycles. The van der Waals surface area contributed by atoms with E-state index in [4.69, 9.17) is 9.47 Å². The number of methoxy groups -OCH3 is 1. The molecule has 2 aliphatic heterocycles. The standard InChI is InChI=1S/C22H21N3O5/c1-22(2)17-9-10-23-20(27)24(13-5-4-6-15(11-13)29-3)21(28)25(23)19(17)16-8-7-14(26)12-18(16)30-22/h4-9,11-12,19,26H,10H2,1-3H3. The predicted octanol–water partition coefficient (Wildman–Crippen LogP) is 2.22. The lowest BCUT2D eigenvalue weighted by Gasteiger charge is -2.42. The molecule has 154 valence electrons. The van der Waals surface area contributed by atoms with Gasteiger partial charge in [0.25, 0.3) is 0 Å². The number of nitrogens with zero attached hydrogens (tertiary/aromatic N) is 3. The lowest BCUT2D eigenvalue weighted by Crippen LogP contribution is -2.46. The van der Waals surface area contributed by atoms with E-state index in [2.05, 4.69) is 0 Å². The molecule has 30 heavy (non-hydrogen) atoms. The van der Waals surface area contributed by atoms with Crippen molar-refractivity contribution in [1.82, 2.24) is 13.9 Å². The van der Waals surface area contributed by atoms with Crippen LogP contribution in [0.5, 0.6) is 17.2 Å². The Labute approximate surface area is 171 Å². The predicted molar refractivity (Wildman–Crippen MR) is 110 cm³/mol. The van der Waals surface area contributed by atoms with Gasteiger partial charge in [-0.25, -0.2) is 23.5 Å². The topological polar surface area (TPSA) is 87.6 Å². The minimum atomic E-state index is -0.704. The molecule has 1 atom stereocenters. The van der Waals surface area contributed by atoms with Crippen LogP contribution in [0.2, 0.25) is 0 Å². The summed E-state index contributed by atoms with van der Waals surface area (Å²) in [4.78, 5) is 26.7. The smallest absolute Gasteiger partial charge is 0.352 e. The van der Waals surface area contributed by atoms with E-state index in [0.29, 0.717) is 17.2 Å². The van der Waals surface area contributed by atoms with Crippen molar-refractivity contribution in [3.05, 3.63) is 80.6 Å².